The maximum atomic E-state index is 12.7. The molecule has 1 aromatic carbocycles. The van der Waals surface area contributed by atoms with Crippen molar-refractivity contribution >= 4 is 5.91 Å². The van der Waals surface area contributed by atoms with Gasteiger partial charge in [0.15, 0.2) is 0 Å². The van der Waals surface area contributed by atoms with E-state index in [1.807, 2.05) is 11.5 Å². The minimum atomic E-state index is -4.36. The molecule has 3 rings (SSSR count). The number of aryl methyl sites for hydroxylation is 1. The molecular formula is C16H17F3N4O. The number of carbonyl (C=O) groups is 1. The summed E-state index contributed by atoms with van der Waals surface area (Å²) in [5.41, 5.74) is -0.103. The average molecular weight is 338 g/mol. The molecule has 24 heavy (non-hydrogen) atoms. The summed E-state index contributed by atoms with van der Waals surface area (Å²) in [4.78, 5) is 12.1. The van der Waals surface area contributed by atoms with Crippen molar-refractivity contribution in [2.75, 3.05) is 6.54 Å². The number of halogens is 3. The summed E-state index contributed by atoms with van der Waals surface area (Å²) in [6.45, 7) is 2.81. The van der Waals surface area contributed by atoms with E-state index in [4.69, 9.17) is 0 Å². The van der Waals surface area contributed by atoms with E-state index in [-0.39, 0.29) is 17.7 Å². The lowest BCUT2D eigenvalue weighted by molar-refractivity contribution is -0.137. The predicted octanol–water partition coefficient (Wildman–Crippen LogP) is 2.53. The first-order chi connectivity index (χ1) is 11.4. The first-order valence-electron chi connectivity index (χ1n) is 7.65. The largest absolute Gasteiger partial charge is 0.416 e. The molecule has 1 amide bonds. The van der Waals surface area contributed by atoms with Gasteiger partial charge in [0.1, 0.15) is 12.2 Å². The standard InChI is InChI=1S/C16H17F3N4O/c1-10-22-21-9-23(10)6-5-20-15(24)14-8-13(14)11-3-2-4-12(7-11)16(17,18)19/h2-4,7,9,13-14H,5-6,8H2,1H3,(H,20,24)/t13-,14+/m0/s1. The number of nitrogens with zero attached hydrogens (tertiary/aromatic N) is 3. The minimum absolute atomic E-state index is 0.122. The molecule has 1 aliphatic rings. The predicted molar refractivity (Wildman–Crippen MR) is 80.1 cm³/mol. The Morgan fingerprint density at radius 1 is 1.42 bits per heavy atom. The van der Waals surface area contributed by atoms with Gasteiger partial charge in [-0.2, -0.15) is 13.2 Å². The van der Waals surface area contributed by atoms with E-state index in [1.54, 1.807) is 12.4 Å². The van der Waals surface area contributed by atoms with Gasteiger partial charge in [-0.25, -0.2) is 0 Å². The number of rotatable bonds is 5. The molecule has 2 atom stereocenters. The average Bonchev–Trinajstić information content (AvgIpc) is 3.24. The molecule has 1 heterocycles. The van der Waals surface area contributed by atoms with Crippen LogP contribution in [-0.4, -0.2) is 27.2 Å². The third kappa shape index (κ3) is 3.58. The first kappa shape index (κ1) is 16.5. The number of aromatic nitrogens is 3. The molecule has 128 valence electrons. The fourth-order valence-corrected chi connectivity index (χ4v) is 2.76. The van der Waals surface area contributed by atoms with Gasteiger partial charge in [-0.05, 0) is 30.9 Å². The summed E-state index contributed by atoms with van der Waals surface area (Å²) in [5.74, 6) is 0.250. The molecule has 0 bridgehead atoms. The Bertz CT molecular complexity index is 741. The fourth-order valence-electron chi connectivity index (χ4n) is 2.76. The van der Waals surface area contributed by atoms with Crippen LogP contribution in [0.3, 0.4) is 0 Å². The molecule has 1 aliphatic carbocycles. The van der Waals surface area contributed by atoms with Crippen molar-refractivity contribution in [1.29, 1.82) is 0 Å². The lowest BCUT2D eigenvalue weighted by Gasteiger charge is -2.09. The maximum Gasteiger partial charge on any atom is 0.416 e. The lowest BCUT2D eigenvalue weighted by atomic mass is 10.1. The van der Waals surface area contributed by atoms with E-state index in [0.29, 0.717) is 25.1 Å². The highest BCUT2D eigenvalue weighted by Crippen LogP contribution is 2.48. The van der Waals surface area contributed by atoms with Gasteiger partial charge in [-0.1, -0.05) is 18.2 Å². The normalized spacial score (nSPS) is 20.0. The molecule has 0 saturated heterocycles. The SMILES string of the molecule is Cc1nncn1CCNC(=O)[C@@H]1C[C@H]1c1cccc(C(F)(F)F)c1. The van der Waals surface area contributed by atoms with Crippen LogP contribution in [0.5, 0.6) is 0 Å². The third-order valence-corrected chi connectivity index (χ3v) is 4.23. The van der Waals surface area contributed by atoms with E-state index in [0.717, 1.165) is 18.0 Å². The highest BCUT2D eigenvalue weighted by atomic mass is 19.4. The van der Waals surface area contributed by atoms with Crippen LogP contribution in [0.1, 0.15) is 29.3 Å². The van der Waals surface area contributed by atoms with E-state index in [1.165, 1.54) is 6.07 Å². The van der Waals surface area contributed by atoms with Gasteiger partial charge in [-0.15, -0.1) is 10.2 Å². The Hall–Kier alpha value is -2.38. The van der Waals surface area contributed by atoms with Crippen molar-refractivity contribution in [2.45, 2.75) is 32.0 Å². The van der Waals surface area contributed by atoms with Crippen LogP contribution in [0.25, 0.3) is 0 Å². The smallest absolute Gasteiger partial charge is 0.354 e. The van der Waals surface area contributed by atoms with E-state index < -0.39 is 11.7 Å². The molecule has 8 heteroatoms. The van der Waals surface area contributed by atoms with Crippen LogP contribution in [0.15, 0.2) is 30.6 Å². The van der Waals surface area contributed by atoms with Crippen LogP contribution in [-0.2, 0) is 17.5 Å². The Kier molecular flexibility index (Phi) is 4.29. The Labute approximate surface area is 136 Å². The number of hydrogen-bond donors (Lipinski definition) is 1. The molecule has 1 fully saturated rings. The number of carbonyl (C=O) groups excluding carboxylic acids is 1. The van der Waals surface area contributed by atoms with E-state index in [2.05, 4.69) is 15.5 Å². The fraction of sp³-hybridized carbons (Fsp3) is 0.438. The Balaban J connectivity index is 1.53. The van der Waals surface area contributed by atoms with E-state index >= 15 is 0 Å². The quantitative estimate of drug-likeness (QED) is 0.911. The summed E-state index contributed by atoms with van der Waals surface area (Å²) in [6, 6.07) is 5.22. The topological polar surface area (TPSA) is 59.8 Å². The number of benzene rings is 1. The molecule has 1 N–H and O–H groups in total. The zero-order valence-electron chi connectivity index (χ0n) is 13.0. The summed E-state index contributed by atoms with van der Waals surface area (Å²) in [7, 11) is 0. The van der Waals surface area contributed by atoms with Gasteiger partial charge in [0.2, 0.25) is 5.91 Å². The molecule has 0 radical (unpaired) electrons. The van der Waals surface area contributed by atoms with Crippen LogP contribution in [0.4, 0.5) is 13.2 Å². The monoisotopic (exact) mass is 338 g/mol. The second-order valence-corrected chi connectivity index (χ2v) is 5.93. The van der Waals surface area contributed by atoms with Crippen LogP contribution in [0, 0.1) is 12.8 Å². The molecule has 1 saturated carbocycles. The van der Waals surface area contributed by atoms with Gasteiger partial charge in [-0.3, -0.25) is 4.79 Å². The lowest BCUT2D eigenvalue weighted by Crippen LogP contribution is -2.29. The molecule has 2 aromatic rings. The number of amides is 1. The number of alkyl halides is 3. The van der Waals surface area contributed by atoms with Crippen LogP contribution >= 0.6 is 0 Å². The van der Waals surface area contributed by atoms with Gasteiger partial charge < -0.3 is 9.88 Å². The molecule has 5 nitrogen and oxygen atoms in total. The van der Waals surface area contributed by atoms with E-state index in [9.17, 15) is 18.0 Å². The molecule has 1 aromatic heterocycles. The molecular weight excluding hydrogens is 321 g/mol. The third-order valence-electron chi connectivity index (χ3n) is 4.23. The summed E-state index contributed by atoms with van der Waals surface area (Å²) >= 11 is 0. The van der Waals surface area contributed by atoms with Crippen molar-refractivity contribution in [2.24, 2.45) is 5.92 Å². The van der Waals surface area contributed by atoms with Gasteiger partial charge in [0.05, 0.1) is 5.56 Å². The Morgan fingerprint density at radius 2 is 2.21 bits per heavy atom. The zero-order chi connectivity index (χ0) is 17.3. The number of nitrogens with one attached hydrogen (secondary N) is 1. The number of hydrogen-bond acceptors (Lipinski definition) is 3. The van der Waals surface area contributed by atoms with Gasteiger partial charge in [0, 0.05) is 19.0 Å². The van der Waals surface area contributed by atoms with Crippen molar-refractivity contribution in [3.63, 3.8) is 0 Å². The minimum Gasteiger partial charge on any atom is -0.354 e. The first-order valence-corrected chi connectivity index (χ1v) is 7.65. The molecule has 0 spiro atoms. The van der Waals surface area contributed by atoms with Crippen molar-refractivity contribution in [3.05, 3.63) is 47.5 Å². The van der Waals surface area contributed by atoms with Crippen molar-refractivity contribution in [1.82, 2.24) is 20.1 Å². The summed E-state index contributed by atoms with van der Waals surface area (Å²) in [6.07, 6.45) is -2.19. The second kappa shape index (κ2) is 6.26. The molecule has 0 aliphatic heterocycles. The second-order valence-electron chi connectivity index (χ2n) is 5.93. The molecule has 0 unspecified atom stereocenters. The van der Waals surface area contributed by atoms with Crippen LogP contribution in [0.2, 0.25) is 0 Å². The van der Waals surface area contributed by atoms with Gasteiger partial charge >= 0.3 is 6.18 Å². The summed E-state index contributed by atoms with van der Waals surface area (Å²) < 4.78 is 40.1. The highest BCUT2D eigenvalue weighted by molar-refractivity contribution is 5.82. The van der Waals surface area contributed by atoms with Crippen molar-refractivity contribution < 1.29 is 18.0 Å². The highest BCUT2D eigenvalue weighted by Gasteiger charge is 2.44. The zero-order valence-corrected chi connectivity index (χ0v) is 13.0. The van der Waals surface area contributed by atoms with Crippen molar-refractivity contribution in [3.8, 4) is 0 Å². The van der Waals surface area contributed by atoms with Crippen LogP contribution < -0.4 is 5.32 Å². The Morgan fingerprint density at radius 3 is 2.88 bits per heavy atom. The summed E-state index contributed by atoms with van der Waals surface area (Å²) in [5, 5.41) is 10.4. The maximum absolute atomic E-state index is 12.7. The van der Waals surface area contributed by atoms with Gasteiger partial charge in [0.25, 0.3) is 0 Å².